The number of aromatic amines is 1. The number of nitrogens with one attached hydrogen (secondary N) is 1. The molecule has 1 atom stereocenters. The van der Waals surface area contributed by atoms with E-state index in [1.165, 1.54) is 11.8 Å². The van der Waals surface area contributed by atoms with Gasteiger partial charge in [-0.05, 0) is 32.0 Å². The van der Waals surface area contributed by atoms with E-state index < -0.39 is 0 Å². The Morgan fingerprint density at radius 1 is 1.30 bits per heavy atom. The predicted molar refractivity (Wildman–Crippen MR) is 116 cm³/mol. The molecule has 0 radical (unpaired) electrons. The lowest BCUT2D eigenvalue weighted by Crippen LogP contribution is -2.33. The highest BCUT2D eigenvalue weighted by molar-refractivity contribution is 7.99. The molecule has 1 aliphatic rings. The maximum Gasteiger partial charge on any atom is 0.208 e. The van der Waals surface area contributed by atoms with E-state index in [1.807, 2.05) is 44.2 Å². The van der Waals surface area contributed by atoms with Gasteiger partial charge in [0.15, 0.2) is 23.4 Å². The second kappa shape index (κ2) is 8.55. The molecule has 3 heterocycles. The van der Waals surface area contributed by atoms with Crippen molar-refractivity contribution >= 4 is 17.5 Å². The van der Waals surface area contributed by atoms with Gasteiger partial charge in [0.1, 0.15) is 12.4 Å². The van der Waals surface area contributed by atoms with Crippen molar-refractivity contribution in [1.82, 2.24) is 19.7 Å². The van der Waals surface area contributed by atoms with Crippen molar-refractivity contribution < 1.29 is 14.3 Å². The molecule has 158 valence electrons. The number of fused-ring (bicyclic) bond motifs is 1. The van der Waals surface area contributed by atoms with Crippen molar-refractivity contribution in [3.63, 3.8) is 0 Å². The number of nitrogens with zero attached hydrogens (tertiary/aromatic N) is 3. The predicted octanol–water partition coefficient (Wildman–Crippen LogP) is 4.16. The standard InChI is InChI=1S/C22H26N4O3S/c1-13(2)21-23-22(25-24-21)30-12-18(27)17-9-14(3)26(15(17)4)10-16-11-28-19-7-5-6-8-20(19)29-16/h5-9,13,16H,10-12H2,1-4H3,(H,23,24,25). The summed E-state index contributed by atoms with van der Waals surface area (Å²) in [5, 5.41) is 7.71. The van der Waals surface area contributed by atoms with Gasteiger partial charge in [-0.3, -0.25) is 9.89 Å². The summed E-state index contributed by atoms with van der Waals surface area (Å²) in [6, 6.07) is 9.64. The molecule has 1 aliphatic heterocycles. The topological polar surface area (TPSA) is 82.0 Å². The van der Waals surface area contributed by atoms with Crippen LogP contribution in [-0.4, -0.2) is 44.0 Å². The van der Waals surface area contributed by atoms with Crippen LogP contribution in [-0.2, 0) is 6.54 Å². The number of aryl methyl sites for hydroxylation is 1. The lowest BCUT2D eigenvalue weighted by atomic mass is 10.2. The second-order valence-electron chi connectivity index (χ2n) is 7.76. The molecule has 0 amide bonds. The highest BCUT2D eigenvalue weighted by atomic mass is 32.2. The number of ether oxygens (including phenoxy) is 2. The summed E-state index contributed by atoms with van der Waals surface area (Å²) in [5.41, 5.74) is 2.71. The first-order valence-electron chi connectivity index (χ1n) is 10.1. The van der Waals surface area contributed by atoms with E-state index in [1.54, 1.807) is 0 Å². The van der Waals surface area contributed by atoms with Gasteiger partial charge in [-0.15, -0.1) is 5.10 Å². The zero-order chi connectivity index (χ0) is 21.3. The van der Waals surface area contributed by atoms with Crippen molar-refractivity contribution in [1.29, 1.82) is 0 Å². The Labute approximate surface area is 180 Å². The number of aromatic nitrogens is 4. The van der Waals surface area contributed by atoms with Gasteiger partial charge < -0.3 is 14.0 Å². The Morgan fingerprint density at radius 3 is 2.80 bits per heavy atom. The third-order valence-electron chi connectivity index (χ3n) is 5.19. The molecule has 0 fully saturated rings. The minimum absolute atomic E-state index is 0.0707. The fraction of sp³-hybridized carbons (Fsp3) is 0.409. The largest absolute Gasteiger partial charge is 0.486 e. The first kappa shape index (κ1) is 20.5. The third kappa shape index (κ3) is 4.23. The van der Waals surface area contributed by atoms with Crippen LogP contribution >= 0.6 is 11.8 Å². The van der Waals surface area contributed by atoms with Gasteiger partial charge in [-0.2, -0.15) is 0 Å². The highest BCUT2D eigenvalue weighted by Crippen LogP contribution is 2.31. The summed E-state index contributed by atoms with van der Waals surface area (Å²) in [4.78, 5) is 17.3. The van der Waals surface area contributed by atoms with E-state index >= 15 is 0 Å². The number of carbonyl (C=O) groups excluding carboxylic acids is 1. The fourth-order valence-electron chi connectivity index (χ4n) is 3.51. The van der Waals surface area contributed by atoms with Crippen molar-refractivity contribution in [3.05, 3.63) is 53.1 Å². The van der Waals surface area contributed by atoms with Crippen LogP contribution in [0.4, 0.5) is 0 Å². The summed E-state index contributed by atoms with van der Waals surface area (Å²) in [7, 11) is 0. The van der Waals surface area contributed by atoms with Gasteiger partial charge in [-0.25, -0.2) is 4.98 Å². The molecular weight excluding hydrogens is 400 g/mol. The maximum atomic E-state index is 12.8. The number of ketones is 1. The maximum absolute atomic E-state index is 12.8. The molecule has 0 saturated heterocycles. The van der Waals surface area contributed by atoms with Gasteiger partial charge in [0.25, 0.3) is 0 Å². The van der Waals surface area contributed by atoms with Crippen LogP contribution in [0.3, 0.4) is 0 Å². The Bertz CT molecular complexity index is 1060. The Hall–Kier alpha value is -2.74. The summed E-state index contributed by atoms with van der Waals surface area (Å²) in [6.45, 7) is 9.20. The number of Topliss-reactive ketones (excluding diaryl/α,β-unsaturated/α-hetero) is 1. The molecule has 0 spiro atoms. The number of hydrogen-bond donors (Lipinski definition) is 1. The molecular formula is C22H26N4O3S. The van der Waals surface area contributed by atoms with Crippen molar-refractivity contribution in [2.75, 3.05) is 12.4 Å². The van der Waals surface area contributed by atoms with Crippen LogP contribution in [0, 0.1) is 13.8 Å². The fourth-order valence-corrected chi connectivity index (χ4v) is 4.20. The van der Waals surface area contributed by atoms with Crippen LogP contribution in [0.25, 0.3) is 0 Å². The molecule has 0 bridgehead atoms. The molecule has 3 aromatic rings. The molecule has 1 aromatic carbocycles. The minimum atomic E-state index is -0.107. The van der Waals surface area contributed by atoms with E-state index in [0.29, 0.717) is 24.1 Å². The summed E-state index contributed by atoms with van der Waals surface area (Å²) in [5.74, 6) is 3.02. The number of para-hydroxylation sites is 2. The smallest absolute Gasteiger partial charge is 0.208 e. The lowest BCUT2D eigenvalue weighted by molar-refractivity contribution is 0.0777. The first-order chi connectivity index (χ1) is 14.4. The zero-order valence-electron chi connectivity index (χ0n) is 17.6. The van der Waals surface area contributed by atoms with E-state index in [4.69, 9.17) is 9.47 Å². The average Bonchev–Trinajstić information content (AvgIpc) is 3.32. The molecule has 4 rings (SSSR count). The van der Waals surface area contributed by atoms with E-state index in [9.17, 15) is 4.79 Å². The molecule has 30 heavy (non-hydrogen) atoms. The molecule has 0 aliphatic carbocycles. The van der Waals surface area contributed by atoms with Crippen molar-refractivity contribution in [3.8, 4) is 11.5 Å². The van der Waals surface area contributed by atoms with E-state index in [-0.39, 0.29) is 17.8 Å². The summed E-state index contributed by atoms with van der Waals surface area (Å²) < 4.78 is 14.0. The molecule has 1 N–H and O–H groups in total. The highest BCUT2D eigenvalue weighted by Gasteiger charge is 2.24. The number of rotatable bonds is 7. The van der Waals surface area contributed by atoms with Crippen LogP contribution in [0.1, 0.15) is 47.3 Å². The van der Waals surface area contributed by atoms with Gasteiger partial charge in [-0.1, -0.05) is 37.7 Å². The van der Waals surface area contributed by atoms with Crippen molar-refractivity contribution in [2.24, 2.45) is 0 Å². The Balaban J connectivity index is 1.42. The van der Waals surface area contributed by atoms with Gasteiger partial charge in [0.05, 0.1) is 12.3 Å². The summed E-state index contributed by atoms with van der Waals surface area (Å²) in [6.07, 6.45) is -0.107. The lowest BCUT2D eigenvalue weighted by Gasteiger charge is -2.27. The molecule has 7 nitrogen and oxygen atoms in total. The molecule has 1 unspecified atom stereocenters. The monoisotopic (exact) mass is 426 g/mol. The van der Waals surface area contributed by atoms with E-state index in [2.05, 4.69) is 33.6 Å². The normalized spacial score (nSPS) is 15.6. The minimum Gasteiger partial charge on any atom is -0.486 e. The Kier molecular flexibility index (Phi) is 5.85. The van der Waals surface area contributed by atoms with Crippen LogP contribution in [0.2, 0.25) is 0 Å². The van der Waals surface area contributed by atoms with Crippen LogP contribution in [0.5, 0.6) is 11.5 Å². The molecule has 8 heteroatoms. The summed E-state index contributed by atoms with van der Waals surface area (Å²) >= 11 is 1.36. The first-order valence-corrected chi connectivity index (χ1v) is 11.0. The van der Waals surface area contributed by atoms with E-state index in [0.717, 1.165) is 34.3 Å². The number of hydrogen-bond acceptors (Lipinski definition) is 6. The van der Waals surface area contributed by atoms with Gasteiger partial charge >= 0.3 is 0 Å². The van der Waals surface area contributed by atoms with Gasteiger partial charge in [0.2, 0.25) is 5.16 Å². The second-order valence-corrected chi connectivity index (χ2v) is 8.71. The third-order valence-corrected chi connectivity index (χ3v) is 6.04. The number of carbonyl (C=O) groups is 1. The quantitative estimate of drug-likeness (QED) is 0.451. The van der Waals surface area contributed by atoms with Crippen LogP contribution in [0.15, 0.2) is 35.5 Å². The average molecular weight is 427 g/mol. The zero-order valence-corrected chi connectivity index (χ0v) is 18.5. The van der Waals surface area contributed by atoms with Gasteiger partial charge in [0, 0.05) is 22.9 Å². The molecule has 0 saturated carbocycles. The van der Waals surface area contributed by atoms with Crippen LogP contribution < -0.4 is 9.47 Å². The van der Waals surface area contributed by atoms with Crippen molar-refractivity contribution in [2.45, 2.75) is 51.4 Å². The number of thioether (sulfide) groups is 1. The molecule has 2 aromatic heterocycles. The number of benzene rings is 1. The SMILES string of the molecule is Cc1cc(C(=O)CSc2n[nH]c(C(C)C)n2)c(C)n1CC1COc2ccccc2O1. The Morgan fingerprint density at radius 2 is 2.07 bits per heavy atom. The number of H-pyrrole nitrogens is 1.